The summed E-state index contributed by atoms with van der Waals surface area (Å²) in [5.41, 5.74) is 2.02. The molecule has 0 amide bonds. The second-order valence-corrected chi connectivity index (χ2v) is 5.28. The fourth-order valence-corrected chi connectivity index (χ4v) is 2.86. The Labute approximate surface area is 109 Å². The Morgan fingerprint density at radius 2 is 2.00 bits per heavy atom. The predicted octanol–water partition coefficient (Wildman–Crippen LogP) is 4.45. The third kappa shape index (κ3) is 3.55. The van der Waals surface area contributed by atoms with Crippen LogP contribution in [0.3, 0.4) is 0 Å². The molecule has 0 aliphatic heterocycles. The SMILES string of the molecule is COCCCc1ccc(C2CCCCC2)cc1F. The van der Waals surface area contributed by atoms with E-state index in [1.54, 1.807) is 13.2 Å². The number of aryl methyl sites for hydroxylation is 1. The fraction of sp³-hybridized carbons (Fsp3) is 0.625. The Bertz CT molecular complexity index is 369. The second kappa shape index (κ2) is 6.89. The zero-order chi connectivity index (χ0) is 12.8. The van der Waals surface area contributed by atoms with Gasteiger partial charge in [0.05, 0.1) is 0 Å². The standard InChI is InChI=1S/C16H23FO/c1-18-11-5-8-14-9-10-15(12-16(14)17)13-6-3-2-4-7-13/h9-10,12-13H,2-8,11H2,1H3. The molecule has 1 aromatic carbocycles. The molecule has 0 N–H and O–H groups in total. The Kier molecular flexibility index (Phi) is 5.18. The van der Waals surface area contributed by atoms with E-state index in [0.717, 1.165) is 18.4 Å². The van der Waals surface area contributed by atoms with Crippen LogP contribution in [0.2, 0.25) is 0 Å². The smallest absolute Gasteiger partial charge is 0.126 e. The molecule has 1 fully saturated rings. The molecule has 1 aliphatic rings. The lowest BCUT2D eigenvalue weighted by atomic mass is 9.83. The van der Waals surface area contributed by atoms with Gasteiger partial charge in [0.15, 0.2) is 0 Å². The highest BCUT2D eigenvalue weighted by Gasteiger charge is 2.16. The van der Waals surface area contributed by atoms with Crippen LogP contribution in [-0.4, -0.2) is 13.7 Å². The molecule has 100 valence electrons. The zero-order valence-electron chi connectivity index (χ0n) is 11.3. The van der Waals surface area contributed by atoms with Crippen LogP contribution in [0.25, 0.3) is 0 Å². The lowest BCUT2D eigenvalue weighted by molar-refractivity contribution is 0.195. The number of halogens is 1. The number of rotatable bonds is 5. The number of hydrogen-bond acceptors (Lipinski definition) is 1. The average molecular weight is 250 g/mol. The predicted molar refractivity (Wildman–Crippen MR) is 72.4 cm³/mol. The minimum atomic E-state index is -0.0332. The van der Waals surface area contributed by atoms with Gasteiger partial charge in [0, 0.05) is 13.7 Å². The van der Waals surface area contributed by atoms with E-state index in [9.17, 15) is 4.39 Å². The molecule has 0 atom stereocenters. The minimum Gasteiger partial charge on any atom is -0.385 e. The Balaban J connectivity index is 1.99. The molecule has 2 heteroatoms. The van der Waals surface area contributed by atoms with Gasteiger partial charge >= 0.3 is 0 Å². The summed E-state index contributed by atoms with van der Waals surface area (Å²) >= 11 is 0. The highest BCUT2D eigenvalue weighted by Crippen LogP contribution is 2.33. The highest BCUT2D eigenvalue weighted by molar-refractivity contribution is 5.27. The van der Waals surface area contributed by atoms with Crippen molar-refractivity contribution in [2.75, 3.05) is 13.7 Å². The summed E-state index contributed by atoms with van der Waals surface area (Å²) in [4.78, 5) is 0. The second-order valence-electron chi connectivity index (χ2n) is 5.28. The molecule has 1 aromatic rings. The third-order valence-corrected chi connectivity index (χ3v) is 3.95. The van der Waals surface area contributed by atoms with Crippen molar-refractivity contribution < 1.29 is 9.13 Å². The number of hydrogen-bond donors (Lipinski definition) is 0. The zero-order valence-corrected chi connectivity index (χ0v) is 11.3. The Morgan fingerprint density at radius 1 is 1.22 bits per heavy atom. The molecule has 1 aliphatic carbocycles. The summed E-state index contributed by atoms with van der Waals surface area (Å²) in [5, 5.41) is 0. The molecule has 0 radical (unpaired) electrons. The molecule has 0 unspecified atom stereocenters. The van der Waals surface area contributed by atoms with Crippen molar-refractivity contribution >= 4 is 0 Å². The van der Waals surface area contributed by atoms with Crippen LogP contribution >= 0.6 is 0 Å². The summed E-state index contributed by atoms with van der Waals surface area (Å²) in [6.07, 6.45) is 8.03. The van der Waals surface area contributed by atoms with Gasteiger partial charge in [-0.25, -0.2) is 4.39 Å². The number of methoxy groups -OCH3 is 1. The number of benzene rings is 1. The minimum absolute atomic E-state index is 0.0332. The van der Waals surface area contributed by atoms with Gasteiger partial charge < -0.3 is 4.74 Å². The van der Waals surface area contributed by atoms with Crippen LogP contribution in [0.15, 0.2) is 18.2 Å². The summed E-state index contributed by atoms with van der Waals surface area (Å²) < 4.78 is 19.0. The van der Waals surface area contributed by atoms with Gasteiger partial charge in [-0.2, -0.15) is 0 Å². The number of ether oxygens (including phenoxy) is 1. The van der Waals surface area contributed by atoms with E-state index in [-0.39, 0.29) is 5.82 Å². The molecule has 0 spiro atoms. The molecular formula is C16H23FO. The molecule has 18 heavy (non-hydrogen) atoms. The molecule has 1 saturated carbocycles. The quantitative estimate of drug-likeness (QED) is 0.701. The molecule has 0 saturated heterocycles. The van der Waals surface area contributed by atoms with E-state index in [0.29, 0.717) is 12.5 Å². The largest absolute Gasteiger partial charge is 0.385 e. The lowest BCUT2D eigenvalue weighted by Gasteiger charge is -2.22. The first-order valence-electron chi connectivity index (χ1n) is 7.08. The van der Waals surface area contributed by atoms with Gasteiger partial charge in [-0.1, -0.05) is 31.4 Å². The third-order valence-electron chi connectivity index (χ3n) is 3.95. The molecular weight excluding hydrogens is 227 g/mol. The van der Waals surface area contributed by atoms with Crippen molar-refractivity contribution in [3.05, 3.63) is 35.1 Å². The van der Waals surface area contributed by atoms with Crippen LogP contribution in [0.4, 0.5) is 4.39 Å². The van der Waals surface area contributed by atoms with E-state index in [1.807, 2.05) is 6.07 Å². The van der Waals surface area contributed by atoms with Crippen LogP contribution in [0.1, 0.15) is 55.6 Å². The lowest BCUT2D eigenvalue weighted by Crippen LogP contribution is -2.05. The molecule has 0 heterocycles. The highest BCUT2D eigenvalue weighted by atomic mass is 19.1. The Morgan fingerprint density at radius 3 is 2.67 bits per heavy atom. The van der Waals surface area contributed by atoms with Crippen molar-refractivity contribution in [1.29, 1.82) is 0 Å². The van der Waals surface area contributed by atoms with E-state index >= 15 is 0 Å². The summed E-state index contributed by atoms with van der Waals surface area (Å²) in [6, 6.07) is 5.86. The first-order chi connectivity index (χ1) is 8.81. The molecule has 1 nitrogen and oxygen atoms in total. The van der Waals surface area contributed by atoms with Gasteiger partial charge in [-0.05, 0) is 48.8 Å². The van der Waals surface area contributed by atoms with Crippen LogP contribution < -0.4 is 0 Å². The van der Waals surface area contributed by atoms with Crippen molar-refractivity contribution in [3.8, 4) is 0 Å². The molecule has 0 bridgehead atoms. The monoisotopic (exact) mass is 250 g/mol. The summed E-state index contributed by atoms with van der Waals surface area (Å²) in [7, 11) is 1.68. The van der Waals surface area contributed by atoms with Gasteiger partial charge in [0.2, 0.25) is 0 Å². The topological polar surface area (TPSA) is 9.23 Å². The van der Waals surface area contributed by atoms with Gasteiger partial charge in [0.25, 0.3) is 0 Å². The van der Waals surface area contributed by atoms with Crippen molar-refractivity contribution in [1.82, 2.24) is 0 Å². The first kappa shape index (κ1) is 13.5. The summed E-state index contributed by atoms with van der Waals surface area (Å²) in [6.45, 7) is 0.698. The van der Waals surface area contributed by atoms with Crippen LogP contribution in [0, 0.1) is 5.82 Å². The van der Waals surface area contributed by atoms with E-state index in [2.05, 4.69) is 6.07 Å². The maximum absolute atomic E-state index is 14.0. The van der Waals surface area contributed by atoms with Crippen molar-refractivity contribution in [2.45, 2.75) is 50.9 Å². The summed E-state index contributed by atoms with van der Waals surface area (Å²) in [5.74, 6) is 0.551. The van der Waals surface area contributed by atoms with Gasteiger partial charge in [-0.15, -0.1) is 0 Å². The van der Waals surface area contributed by atoms with E-state index in [1.165, 1.54) is 37.7 Å². The van der Waals surface area contributed by atoms with Gasteiger partial charge in [0.1, 0.15) is 5.82 Å². The normalized spacial score (nSPS) is 17.0. The maximum atomic E-state index is 14.0. The molecule has 0 aromatic heterocycles. The van der Waals surface area contributed by atoms with E-state index < -0.39 is 0 Å². The molecule has 2 rings (SSSR count). The first-order valence-corrected chi connectivity index (χ1v) is 7.08. The van der Waals surface area contributed by atoms with Gasteiger partial charge in [-0.3, -0.25) is 0 Å². The van der Waals surface area contributed by atoms with Crippen LogP contribution in [-0.2, 0) is 11.2 Å². The average Bonchev–Trinajstić information content (AvgIpc) is 2.42. The Hall–Kier alpha value is -0.890. The van der Waals surface area contributed by atoms with Crippen molar-refractivity contribution in [3.63, 3.8) is 0 Å². The van der Waals surface area contributed by atoms with E-state index in [4.69, 9.17) is 4.74 Å². The van der Waals surface area contributed by atoms with Crippen molar-refractivity contribution in [2.24, 2.45) is 0 Å². The fourth-order valence-electron chi connectivity index (χ4n) is 2.86. The van der Waals surface area contributed by atoms with Crippen LogP contribution in [0.5, 0.6) is 0 Å². The maximum Gasteiger partial charge on any atom is 0.126 e.